The number of ether oxygens (including phenoxy) is 1. The number of benzene rings is 2. The predicted octanol–water partition coefficient (Wildman–Crippen LogP) is 4.00. The van der Waals surface area contributed by atoms with Gasteiger partial charge in [-0.15, -0.1) is 0 Å². The fourth-order valence-corrected chi connectivity index (χ4v) is 2.73. The molecule has 28 heavy (non-hydrogen) atoms. The van der Waals surface area contributed by atoms with E-state index in [0.717, 1.165) is 11.1 Å². The second-order valence-corrected chi connectivity index (χ2v) is 6.54. The fourth-order valence-electron chi connectivity index (χ4n) is 2.73. The lowest BCUT2D eigenvalue weighted by atomic mass is 10.1. The molecule has 0 fully saturated rings. The third kappa shape index (κ3) is 4.73. The third-order valence-corrected chi connectivity index (χ3v) is 4.23. The number of amides is 1. The van der Waals surface area contributed by atoms with E-state index >= 15 is 0 Å². The number of aromatic nitrogens is 2. The first kappa shape index (κ1) is 19.5. The van der Waals surface area contributed by atoms with Crippen molar-refractivity contribution < 1.29 is 18.4 Å². The number of carbonyl (C=O) groups is 1. The van der Waals surface area contributed by atoms with Crippen LogP contribution >= 0.6 is 0 Å². The molecule has 146 valence electrons. The van der Waals surface area contributed by atoms with Crippen LogP contribution in [0.5, 0.6) is 5.75 Å². The molecule has 2 aromatic carbocycles. The van der Waals surface area contributed by atoms with Gasteiger partial charge in [0.1, 0.15) is 11.6 Å². The van der Waals surface area contributed by atoms with Crippen LogP contribution in [0.2, 0.25) is 0 Å². The molecule has 0 aliphatic heterocycles. The molecule has 0 saturated carbocycles. The van der Waals surface area contributed by atoms with E-state index in [0.29, 0.717) is 23.9 Å². The Labute approximate surface area is 162 Å². The van der Waals surface area contributed by atoms with Crippen LogP contribution in [-0.2, 0) is 11.3 Å². The first-order valence-corrected chi connectivity index (χ1v) is 9.03. The molecule has 3 rings (SSSR count). The van der Waals surface area contributed by atoms with Crippen LogP contribution in [0.1, 0.15) is 24.8 Å². The molecule has 1 heterocycles. The summed E-state index contributed by atoms with van der Waals surface area (Å²) >= 11 is 0. The lowest BCUT2D eigenvalue weighted by molar-refractivity contribution is -0.138. The van der Waals surface area contributed by atoms with Gasteiger partial charge in [-0.2, -0.15) is 4.98 Å². The van der Waals surface area contributed by atoms with E-state index in [1.165, 1.54) is 29.2 Å². The summed E-state index contributed by atoms with van der Waals surface area (Å²) in [7, 11) is 1.65. The number of aryl methyl sites for hydroxylation is 1. The van der Waals surface area contributed by atoms with E-state index < -0.39 is 6.10 Å². The summed E-state index contributed by atoms with van der Waals surface area (Å²) in [5, 5.41) is 3.99. The Morgan fingerprint density at radius 3 is 2.68 bits per heavy atom. The molecule has 7 heteroatoms. The van der Waals surface area contributed by atoms with Gasteiger partial charge in [0.15, 0.2) is 6.10 Å². The molecule has 1 aromatic heterocycles. The monoisotopic (exact) mass is 383 g/mol. The van der Waals surface area contributed by atoms with Crippen molar-refractivity contribution >= 4 is 5.91 Å². The van der Waals surface area contributed by atoms with Crippen LogP contribution in [0, 0.1) is 12.7 Å². The summed E-state index contributed by atoms with van der Waals surface area (Å²) in [4.78, 5) is 18.6. The molecule has 0 radical (unpaired) electrons. The summed E-state index contributed by atoms with van der Waals surface area (Å²) in [6.45, 7) is 4.01. The molecular weight excluding hydrogens is 361 g/mol. The zero-order valence-electron chi connectivity index (χ0n) is 16.1. The smallest absolute Gasteiger partial charge is 0.263 e. The fraction of sp³-hybridized carbons (Fsp3) is 0.286. The number of hydrogen-bond donors (Lipinski definition) is 0. The van der Waals surface area contributed by atoms with Crippen molar-refractivity contribution in [1.29, 1.82) is 0 Å². The van der Waals surface area contributed by atoms with Crippen molar-refractivity contribution in [2.45, 2.75) is 32.9 Å². The van der Waals surface area contributed by atoms with Gasteiger partial charge in [-0.25, -0.2) is 4.39 Å². The summed E-state index contributed by atoms with van der Waals surface area (Å²) in [5.41, 5.74) is 1.95. The number of carbonyl (C=O) groups excluding carboxylic acids is 1. The Balaban J connectivity index is 1.65. The maximum Gasteiger partial charge on any atom is 0.263 e. The highest BCUT2D eigenvalue weighted by molar-refractivity contribution is 5.80. The van der Waals surface area contributed by atoms with E-state index in [1.807, 2.05) is 38.1 Å². The molecule has 0 N–H and O–H groups in total. The van der Waals surface area contributed by atoms with Gasteiger partial charge >= 0.3 is 0 Å². The Morgan fingerprint density at radius 1 is 1.25 bits per heavy atom. The first-order valence-electron chi connectivity index (χ1n) is 9.03. The van der Waals surface area contributed by atoms with Gasteiger partial charge in [0.2, 0.25) is 11.7 Å². The molecule has 0 spiro atoms. The minimum atomic E-state index is -0.686. The van der Waals surface area contributed by atoms with Crippen molar-refractivity contribution in [2.75, 3.05) is 7.05 Å². The largest absolute Gasteiger partial charge is 0.481 e. The summed E-state index contributed by atoms with van der Waals surface area (Å²) < 4.78 is 24.0. The van der Waals surface area contributed by atoms with Crippen LogP contribution in [0.25, 0.3) is 11.4 Å². The van der Waals surface area contributed by atoms with Crippen LogP contribution in [0.15, 0.2) is 53.1 Å². The van der Waals surface area contributed by atoms with Crippen LogP contribution in [-0.4, -0.2) is 34.1 Å². The van der Waals surface area contributed by atoms with Crippen molar-refractivity contribution in [1.82, 2.24) is 15.0 Å². The number of hydrogen-bond acceptors (Lipinski definition) is 5. The number of halogens is 1. The average molecular weight is 383 g/mol. The van der Waals surface area contributed by atoms with E-state index in [1.54, 1.807) is 7.05 Å². The zero-order valence-corrected chi connectivity index (χ0v) is 16.1. The Kier molecular flexibility index (Phi) is 6.03. The third-order valence-electron chi connectivity index (χ3n) is 4.23. The minimum Gasteiger partial charge on any atom is -0.481 e. The Bertz CT molecular complexity index is 940. The van der Waals surface area contributed by atoms with Crippen molar-refractivity contribution in [3.05, 3.63) is 65.8 Å². The maximum atomic E-state index is 13.0. The normalized spacial score (nSPS) is 11.9. The standard InChI is InChI=1S/C21H22FN3O3/c1-4-18(27-17-10-8-16(22)9-11-17)21(26)25(3)13-19-23-20(24-28-19)15-7-5-6-14(2)12-15/h5-12,18H,4,13H2,1-3H3. The zero-order chi connectivity index (χ0) is 20.1. The van der Waals surface area contributed by atoms with Crippen LogP contribution < -0.4 is 4.74 Å². The van der Waals surface area contributed by atoms with E-state index in [-0.39, 0.29) is 18.3 Å². The minimum absolute atomic E-state index is 0.168. The van der Waals surface area contributed by atoms with Crippen LogP contribution in [0.4, 0.5) is 4.39 Å². The average Bonchev–Trinajstić information content (AvgIpc) is 3.15. The Hall–Kier alpha value is -3.22. The summed E-state index contributed by atoms with van der Waals surface area (Å²) in [5.74, 6) is 0.680. The molecule has 1 unspecified atom stereocenters. The van der Waals surface area contributed by atoms with Crippen molar-refractivity contribution in [2.24, 2.45) is 0 Å². The molecule has 6 nitrogen and oxygen atoms in total. The van der Waals surface area contributed by atoms with Gasteiger partial charge in [0.05, 0.1) is 6.54 Å². The topological polar surface area (TPSA) is 68.5 Å². The highest BCUT2D eigenvalue weighted by Crippen LogP contribution is 2.19. The number of rotatable bonds is 7. The number of likely N-dealkylation sites (N-methyl/N-ethyl adjacent to an activating group) is 1. The number of nitrogens with zero attached hydrogens (tertiary/aromatic N) is 3. The first-order chi connectivity index (χ1) is 13.5. The predicted molar refractivity (Wildman–Crippen MR) is 102 cm³/mol. The quantitative estimate of drug-likeness (QED) is 0.617. The highest BCUT2D eigenvalue weighted by Gasteiger charge is 2.24. The molecule has 1 amide bonds. The second-order valence-electron chi connectivity index (χ2n) is 6.54. The molecule has 0 saturated heterocycles. The van der Waals surface area contributed by atoms with Gasteiger partial charge in [-0.05, 0) is 43.7 Å². The van der Waals surface area contributed by atoms with Gasteiger partial charge in [0, 0.05) is 12.6 Å². The van der Waals surface area contributed by atoms with E-state index in [9.17, 15) is 9.18 Å². The Morgan fingerprint density at radius 2 is 2.00 bits per heavy atom. The van der Waals surface area contributed by atoms with Crippen molar-refractivity contribution in [3.8, 4) is 17.1 Å². The van der Waals surface area contributed by atoms with Gasteiger partial charge in [0.25, 0.3) is 5.91 Å². The molecule has 0 aliphatic carbocycles. The SMILES string of the molecule is CCC(Oc1ccc(F)cc1)C(=O)N(C)Cc1nc(-c2cccc(C)c2)no1. The van der Waals surface area contributed by atoms with Crippen LogP contribution in [0.3, 0.4) is 0 Å². The van der Waals surface area contributed by atoms with Gasteiger partial charge in [-0.1, -0.05) is 35.8 Å². The van der Waals surface area contributed by atoms with E-state index in [4.69, 9.17) is 9.26 Å². The molecular formula is C21H22FN3O3. The second kappa shape index (κ2) is 8.65. The van der Waals surface area contributed by atoms with E-state index in [2.05, 4.69) is 10.1 Å². The lowest BCUT2D eigenvalue weighted by Gasteiger charge is -2.22. The molecule has 1 atom stereocenters. The van der Waals surface area contributed by atoms with Crippen molar-refractivity contribution in [3.63, 3.8) is 0 Å². The van der Waals surface area contributed by atoms with Gasteiger partial charge < -0.3 is 14.2 Å². The van der Waals surface area contributed by atoms with Gasteiger partial charge in [-0.3, -0.25) is 4.79 Å². The lowest BCUT2D eigenvalue weighted by Crippen LogP contribution is -2.39. The maximum absolute atomic E-state index is 13.0. The summed E-state index contributed by atoms with van der Waals surface area (Å²) in [6, 6.07) is 13.4. The summed E-state index contributed by atoms with van der Waals surface area (Å²) in [6.07, 6.45) is -0.214. The highest BCUT2D eigenvalue weighted by atomic mass is 19.1. The molecule has 0 bridgehead atoms. The molecule has 3 aromatic rings. The molecule has 0 aliphatic rings.